The minimum absolute atomic E-state index is 0.309. The van der Waals surface area contributed by atoms with Crippen LogP contribution in [-0.4, -0.2) is 25.2 Å². The van der Waals surface area contributed by atoms with Gasteiger partial charge in [-0.1, -0.05) is 193 Å². The molecule has 0 spiro atoms. The van der Waals surface area contributed by atoms with Crippen molar-refractivity contribution >= 4 is 11.9 Å². The highest BCUT2D eigenvalue weighted by atomic mass is 16.5. The van der Waals surface area contributed by atoms with Crippen LogP contribution in [0.4, 0.5) is 0 Å². The summed E-state index contributed by atoms with van der Waals surface area (Å²) in [5.41, 5.74) is 0.618. The van der Waals surface area contributed by atoms with Gasteiger partial charge in [-0.2, -0.15) is 0 Å². The van der Waals surface area contributed by atoms with Crippen molar-refractivity contribution < 1.29 is 19.1 Å². The number of carbonyl (C=O) groups excluding carboxylic acids is 2. The number of hydrogen-bond acceptors (Lipinski definition) is 4. The summed E-state index contributed by atoms with van der Waals surface area (Å²) in [5, 5.41) is 0. The fourth-order valence-corrected chi connectivity index (χ4v) is 5.92. The third-order valence-corrected chi connectivity index (χ3v) is 8.83. The van der Waals surface area contributed by atoms with E-state index in [-0.39, 0.29) is 0 Å². The molecule has 0 aliphatic heterocycles. The van der Waals surface area contributed by atoms with E-state index in [9.17, 15) is 9.59 Å². The van der Waals surface area contributed by atoms with Gasteiger partial charge in [-0.05, 0) is 25.0 Å². The molecule has 0 unspecified atom stereocenters. The van der Waals surface area contributed by atoms with E-state index < -0.39 is 11.9 Å². The van der Waals surface area contributed by atoms with Crippen molar-refractivity contribution in [3.8, 4) is 0 Å². The molecule has 0 aliphatic rings. The van der Waals surface area contributed by atoms with Crippen LogP contribution in [0.1, 0.15) is 214 Å². The van der Waals surface area contributed by atoms with Gasteiger partial charge in [-0.15, -0.1) is 0 Å². The second kappa shape index (κ2) is 31.2. The van der Waals surface area contributed by atoms with E-state index in [0.717, 1.165) is 25.7 Å². The Hall–Kier alpha value is -1.84. The largest absolute Gasteiger partial charge is 0.462 e. The van der Waals surface area contributed by atoms with Crippen LogP contribution in [0, 0.1) is 0 Å². The van der Waals surface area contributed by atoms with Gasteiger partial charge in [-0.25, -0.2) is 9.59 Å². The maximum atomic E-state index is 12.7. The van der Waals surface area contributed by atoms with Crippen molar-refractivity contribution in [2.24, 2.45) is 0 Å². The molecule has 1 rings (SSSR count). The molecule has 254 valence electrons. The van der Waals surface area contributed by atoms with Crippen molar-refractivity contribution in [1.29, 1.82) is 0 Å². The van der Waals surface area contributed by atoms with Crippen molar-refractivity contribution in [2.45, 2.75) is 194 Å². The Bertz CT molecular complexity index is 789. The predicted molar refractivity (Wildman–Crippen MR) is 188 cm³/mol. The average molecular weight is 615 g/mol. The quantitative estimate of drug-likeness (QED) is 0.0598. The first-order valence-corrected chi connectivity index (χ1v) is 19.1. The molecular weight excluding hydrogens is 544 g/mol. The van der Waals surface area contributed by atoms with Crippen LogP contribution < -0.4 is 0 Å². The van der Waals surface area contributed by atoms with Gasteiger partial charge in [0, 0.05) is 0 Å². The molecule has 44 heavy (non-hydrogen) atoms. The number of ether oxygens (including phenoxy) is 2. The SMILES string of the molecule is CCCCCCCCCCCCCCCCCCOC(=O)c1ccccc1C(=O)OCCCCCCCCCCCCCC. The highest BCUT2D eigenvalue weighted by Gasteiger charge is 2.18. The maximum absolute atomic E-state index is 12.7. The first-order valence-electron chi connectivity index (χ1n) is 19.1. The van der Waals surface area contributed by atoms with Crippen molar-refractivity contribution in [2.75, 3.05) is 13.2 Å². The summed E-state index contributed by atoms with van der Waals surface area (Å²) in [5.74, 6) is -0.855. The monoisotopic (exact) mass is 615 g/mol. The standard InChI is InChI=1S/C40H70O4/c1-3-5-7-9-11-13-15-17-18-19-20-22-24-26-28-32-36-44-40(42)38-34-30-29-33-37(38)39(41)43-35-31-27-25-23-21-16-14-12-10-8-6-4-2/h29-30,33-34H,3-28,31-32,35-36H2,1-2H3. The van der Waals surface area contributed by atoms with Gasteiger partial charge in [0.1, 0.15) is 0 Å². The fourth-order valence-electron chi connectivity index (χ4n) is 5.92. The van der Waals surface area contributed by atoms with E-state index in [1.807, 2.05) is 0 Å². The molecule has 0 radical (unpaired) electrons. The van der Waals surface area contributed by atoms with Crippen molar-refractivity contribution in [3.63, 3.8) is 0 Å². The second-order valence-electron chi connectivity index (χ2n) is 13.0. The van der Waals surface area contributed by atoms with Crippen LogP contribution >= 0.6 is 0 Å². The molecule has 0 fully saturated rings. The summed E-state index contributed by atoms with van der Waals surface area (Å²) < 4.78 is 11.0. The summed E-state index contributed by atoms with van der Waals surface area (Å²) in [6, 6.07) is 6.87. The lowest BCUT2D eigenvalue weighted by Gasteiger charge is -2.10. The van der Waals surface area contributed by atoms with Gasteiger partial charge >= 0.3 is 11.9 Å². The average Bonchev–Trinajstić information content (AvgIpc) is 3.04. The van der Waals surface area contributed by atoms with E-state index in [1.165, 1.54) is 154 Å². The molecule has 1 aromatic carbocycles. The lowest BCUT2D eigenvalue weighted by atomic mass is 10.0. The zero-order chi connectivity index (χ0) is 31.8. The lowest BCUT2D eigenvalue weighted by molar-refractivity contribution is 0.0450. The Balaban J connectivity index is 2.03. The number of esters is 2. The molecule has 0 amide bonds. The number of carbonyl (C=O) groups is 2. The van der Waals surface area contributed by atoms with Gasteiger partial charge in [0.2, 0.25) is 0 Å². The molecule has 0 aromatic heterocycles. The zero-order valence-corrected chi connectivity index (χ0v) is 29.2. The Morgan fingerprint density at radius 2 is 0.614 bits per heavy atom. The number of benzene rings is 1. The molecule has 0 saturated carbocycles. The van der Waals surface area contributed by atoms with Crippen LogP contribution in [0.2, 0.25) is 0 Å². The zero-order valence-electron chi connectivity index (χ0n) is 29.2. The number of hydrogen-bond donors (Lipinski definition) is 0. The van der Waals surface area contributed by atoms with E-state index in [1.54, 1.807) is 24.3 Å². The Morgan fingerprint density at radius 1 is 0.386 bits per heavy atom. The Kier molecular flexibility index (Phi) is 28.5. The van der Waals surface area contributed by atoms with Crippen molar-refractivity contribution in [1.82, 2.24) is 0 Å². The molecule has 4 heteroatoms. The van der Waals surface area contributed by atoms with E-state index in [4.69, 9.17) is 9.47 Å². The molecule has 4 nitrogen and oxygen atoms in total. The third-order valence-electron chi connectivity index (χ3n) is 8.83. The van der Waals surface area contributed by atoms with Crippen LogP contribution in [-0.2, 0) is 9.47 Å². The molecular formula is C40H70O4. The van der Waals surface area contributed by atoms with Crippen molar-refractivity contribution in [3.05, 3.63) is 35.4 Å². The molecule has 0 bridgehead atoms. The summed E-state index contributed by atoms with van der Waals surface area (Å²) in [7, 11) is 0. The minimum Gasteiger partial charge on any atom is -0.462 e. The molecule has 0 N–H and O–H groups in total. The number of unbranched alkanes of at least 4 members (excludes halogenated alkanes) is 26. The number of rotatable bonds is 32. The molecule has 0 heterocycles. The molecule has 0 atom stereocenters. The lowest BCUT2D eigenvalue weighted by Crippen LogP contribution is -2.15. The minimum atomic E-state index is -0.428. The smallest absolute Gasteiger partial charge is 0.339 e. The first-order chi connectivity index (χ1) is 21.7. The van der Waals surface area contributed by atoms with Gasteiger partial charge in [0.05, 0.1) is 24.3 Å². The topological polar surface area (TPSA) is 52.6 Å². The molecule has 0 aliphatic carbocycles. The first kappa shape index (κ1) is 40.2. The van der Waals surface area contributed by atoms with E-state index >= 15 is 0 Å². The summed E-state index contributed by atoms with van der Waals surface area (Å²) >= 11 is 0. The summed E-state index contributed by atoms with van der Waals surface area (Å²) in [6.07, 6.45) is 36.3. The molecule has 1 aromatic rings. The van der Waals surface area contributed by atoms with Gasteiger partial charge in [-0.3, -0.25) is 0 Å². The van der Waals surface area contributed by atoms with Gasteiger partial charge in [0.25, 0.3) is 0 Å². The fraction of sp³-hybridized carbons (Fsp3) is 0.800. The second-order valence-corrected chi connectivity index (χ2v) is 13.0. The maximum Gasteiger partial charge on any atom is 0.339 e. The van der Waals surface area contributed by atoms with Crippen LogP contribution in [0.3, 0.4) is 0 Å². The highest BCUT2D eigenvalue weighted by Crippen LogP contribution is 2.16. The van der Waals surface area contributed by atoms with Gasteiger partial charge < -0.3 is 9.47 Å². The summed E-state index contributed by atoms with van der Waals surface area (Å²) in [4.78, 5) is 25.4. The molecule has 0 saturated heterocycles. The highest BCUT2D eigenvalue weighted by molar-refractivity contribution is 6.03. The predicted octanol–water partition coefficient (Wildman–Crippen LogP) is 13.0. The normalized spacial score (nSPS) is 11.1. The van der Waals surface area contributed by atoms with Crippen LogP contribution in [0.25, 0.3) is 0 Å². The summed E-state index contributed by atoms with van der Waals surface area (Å²) in [6.45, 7) is 5.35. The third kappa shape index (κ3) is 23.5. The Morgan fingerprint density at radius 3 is 0.864 bits per heavy atom. The Labute approximate surface area is 272 Å². The van der Waals surface area contributed by atoms with Crippen LogP contribution in [0.5, 0.6) is 0 Å². The van der Waals surface area contributed by atoms with Gasteiger partial charge in [0.15, 0.2) is 0 Å². The van der Waals surface area contributed by atoms with Crippen LogP contribution in [0.15, 0.2) is 24.3 Å². The van der Waals surface area contributed by atoms with E-state index in [0.29, 0.717) is 24.3 Å². The van der Waals surface area contributed by atoms with E-state index in [2.05, 4.69) is 13.8 Å².